The van der Waals surface area contributed by atoms with E-state index in [2.05, 4.69) is 20.8 Å². The molecule has 1 unspecified atom stereocenters. The molecule has 4 rings (SSSR count). The van der Waals surface area contributed by atoms with E-state index in [1.807, 2.05) is 79.7 Å². The van der Waals surface area contributed by atoms with E-state index in [0.29, 0.717) is 17.1 Å². The van der Waals surface area contributed by atoms with Crippen molar-refractivity contribution in [2.24, 2.45) is 0 Å². The first-order chi connectivity index (χ1) is 18.5. The fourth-order valence-corrected chi connectivity index (χ4v) is 4.78. The van der Waals surface area contributed by atoms with Gasteiger partial charge in [0.05, 0.1) is 31.4 Å². The van der Waals surface area contributed by atoms with E-state index >= 15 is 0 Å². The van der Waals surface area contributed by atoms with Crippen LogP contribution in [0.5, 0.6) is 11.5 Å². The smallest absolute Gasteiger partial charge is 0.295 e. The Morgan fingerprint density at radius 2 is 1.56 bits per heavy atom. The summed E-state index contributed by atoms with van der Waals surface area (Å²) in [6, 6.07) is 19.8. The van der Waals surface area contributed by atoms with Crippen LogP contribution in [0, 0.1) is 0 Å². The summed E-state index contributed by atoms with van der Waals surface area (Å²) in [6.45, 7) is 6.39. The Hall–Kier alpha value is -4.26. The van der Waals surface area contributed by atoms with Crippen LogP contribution in [0.4, 0.5) is 5.69 Å². The Kier molecular flexibility index (Phi) is 7.72. The van der Waals surface area contributed by atoms with Gasteiger partial charge in [-0.3, -0.25) is 9.59 Å². The molecule has 3 aromatic carbocycles. The van der Waals surface area contributed by atoms with Gasteiger partial charge in [-0.25, -0.2) is 0 Å². The maximum absolute atomic E-state index is 13.6. The van der Waals surface area contributed by atoms with E-state index in [9.17, 15) is 14.7 Å². The molecule has 0 saturated carbocycles. The Bertz CT molecular complexity index is 1400. The number of rotatable bonds is 7. The van der Waals surface area contributed by atoms with Crippen LogP contribution >= 0.6 is 0 Å². The van der Waals surface area contributed by atoms with E-state index in [-0.39, 0.29) is 23.3 Å². The maximum atomic E-state index is 13.6. The summed E-state index contributed by atoms with van der Waals surface area (Å²) in [6.07, 6.45) is 0. The molecule has 1 aliphatic heterocycles. The minimum absolute atomic E-state index is 0.0375. The fraction of sp³-hybridized carbons (Fsp3) is 0.312. The summed E-state index contributed by atoms with van der Waals surface area (Å²) >= 11 is 0. The van der Waals surface area contributed by atoms with Crippen molar-refractivity contribution in [1.82, 2.24) is 4.90 Å². The van der Waals surface area contributed by atoms with Crippen molar-refractivity contribution in [2.75, 3.05) is 33.2 Å². The van der Waals surface area contributed by atoms with Gasteiger partial charge in [-0.15, -0.1) is 0 Å². The van der Waals surface area contributed by atoms with Gasteiger partial charge >= 0.3 is 0 Å². The Labute approximate surface area is 230 Å². The minimum atomic E-state index is -0.786. The van der Waals surface area contributed by atoms with E-state index in [1.54, 1.807) is 13.2 Å². The number of benzene rings is 3. The molecular weight excluding hydrogens is 492 g/mol. The van der Waals surface area contributed by atoms with E-state index in [4.69, 9.17) is 9.47 Å². The number of hydrogen-bond donors (Lipinski definition) is 1. The lowest BCUT2D eigenvalue weighted by molar-refractivity contribution is -0.140. The predicted octanol–water partition coefficient (Wildman–Crippen LogP) is 5.69. The lowest BCUT2D eigenvalue weighted by Crippen LogP contribution is -2.29. The Morgan fingerprint density at radius 3 is 2.10 bits per heavy atom. The molecule has 1 amide bonds. The number of anilines is 1. The molecule has 0 aliphatic carbocycles. The van der Waals surface area contributed by atoms with Gasteiger partial charge in [-0.1, -0.05) is 51.1 Å². The molecule has 1 atom stereocenters. The number of methoxy groups -OCH3 is 2. The summed E-state index contributed by atoms with van der Waals surface area (Å²) in [4.78, 5) is 30.6. The molecule has 1 saturated heterocycles. The maximum Gasteiger partial charge on any atom is 0.295 e. The Balaban J connectivity index is 1.90. The van der Waals surface area contributed by atoms with Crippen LogP contribution in [-0.2, 0) is 21.5 Å². The van der Waals surface area contributed by atoms with Crippen molar-refractivity contribution in [2.45, 2.75) is 38.8 Å². The average Bonchev–Trinajstić information content (AvgIpc) is 3.17. The highest BCUT2D eigenvalue weighted by Gasteiger charge is 2.46. The number of carbonyl (C=O) groups is 2. The third kappa shape index (κ3) is 5.48. The number of ether oxygens (including phenoxy) is 2. The second-order valence-electron chi connectivity index (χ2n) is 10.9. The first-order valence-corrected chi connectivity index (χ1v) is 12.8. The van der Waals surface area contributed by atoms with Gasteiger partial charge in [-0.05, 0) is 58.5 Å². The van der Waals surface area contributed by atoms with Crippen LogP contribution in [0.2, 0.25) is 0 Å². The Morgan fingerprint density at radius 1 is 0.923 bits per heavy atom. The highest BCUT2D eigenvalue weighted by atomic mass is 16.5. The second-order valence-corrected chi connectivity index (χ2v) is 10.9. The average molecular weight is 529 g/mol. The molecule has 0 aromatic heterocycles. The molecule has 1 N–H and O–H groups in total. The van der Waals surface area contributed by atoms with Crippen molar-refractivity contribution in [1.29, 1.82) is 0 Å². The van der Waals surface area contributed by atoms with Crippen molar-refractivity contribution < 1.29 is 24.2 Å². The monoisotopic (exact) mass is 528 g/mol. The summed E-state index contributed by atoms with van der Waals surface area (Å²) in [5, 5.41) is 11.7. The van der Waals surface area contributed by atoms with E-state index < -0.39 is 17.7 Å². The third-order valence-corrected chi connectivity index (χ3v) is 7.10. The number of Topliss-reactive ketones (excluding diaryl/α,β-unsaturated/α-hetero) is 1. The SMILES string of the molecule is COc1ccc(CN2C(=O)C(=O)/C(=C(/O)c3cc(C(C)(C)C)ccc3OC)C2c2ccc(N(C)C)cc2)cc1. The van der Waals surface area contributed by atoms with Crippen LogP contribution in [0.1, 0.15) is 49.1 Å². The van der Waals surface area contributed by atoms with Crippen molar-refractivity contribution in [3.05, 3.63) is 94.6 Å². The number of amides is 1. The summed E-state index contributed by atoms with van der Waals surface area (Å²) in [5.74, 6) is -0.535. The van der Waals surface area contributed by atoms with Gasteiger partial charge in [0.2, 0.25) is 0 Å². The molecule has 3 aromatic rings. The van der Waals surface area contributed by atoms with Gasteiger partial charge in [0.15, 0.2) is 0 Å². The first-order valence-electron chi connectivity index (χ1n) is 12.8. The molecule has 1 heterocycles. The summed E-state index contributed by atoms with van der Waals surface area (Å²) < 4.78 is 10.8. The normalized spacial score (nSPS) is 16.9. The van der Waals surface area contributed by atoms with Gasteiger partial charge < -0.3 is 24.4 Å². The number of aliphatic hydroxyl groups excluding tert-OH is 1. The molecule has 7 heteroatoms. The zero-order chi connectivity index (χ0) is 28.5. The molecular formula is C32H36N2O5. The lowest BCUT2D eigenvalue weighted by atomic mass is 9.85. The molecule has 39 heavy (non-hydrogen) atoms. The van der Waals surface area contributed by atoms with Crippen molar-refractivity contribution in [3.63, 3.8) is 0 Å². The molecule has 0 bridgehead atoms. The molecule has 0 radical (unpaired) electrons. The summed E-state index contributed by atoms with van der Waals surface area (Å²) in [5.41, 5.74) is 3.71. The summed E-state index contributed by atoms with van der Waals surface area (Å²) in [7, 11) is 7.00. The zero-order valence-corrected chi connectivity index (χ0v) is 23.6. The quantitative estimate of drug-likeness (QED) is 0.241. The number of nitrogens with zero attached hydrogens (tertiary/aromatic N) is 2. The van der Waals surface area contributed by atoms with Gasteiger partial charge in [-0.2, -0.15) is 0 Å². The van der Waals surface area contributed by atoms with Gasteiger partial charge in [0.25, 0.3) is 11.7 Å². The van der Waals surface area contributed by atoms with E-state index in [0.717, 1.165) is 22.4 Å². The number of ketones is 1. The highest BCUT2D eigenvalue weighted by molar-refractivity contribution is 6.46. The predicted molar refractivity (Wildman–Crippen MR) is 153 cm³/mol. The van der Waals surface area contributed by atoms with Crippen LogP contribution in [0.15, 0.2) is 72.3 Å². The lowest BCUT2D eigenvalue weighted by Gasteiger charge is -2.26. The zero-order valence-electron chi connectivity index (χ0n) is 23.6. The fourth-order valence-electron chi connectivity index (χ4n) is 4.78. The topological polar surface area (TPSA) is 79.3 Å². The number of hydrogen-bond acceptors (Lipinski definition) is 6. The second kappa shape index (κ2) is 10.8. The van der Waals surface area contributed by atoms with Gasteiger partial charge in [0, 0.05) is 26.3 Å². The highest BCUT2D eigenvalue weighted by Crippen LogP contribution is 2.43. The third-order valence-electron chi connectivity index (χ3n) is 7.10. The number of carbonyl (C=O) groups excluding carboxylic acids is 2. The molecule has 7 nitrogen and oxygen atoms in total. The molecule has 204 valence electrons. The van der Waals surface area contributed by atoms with Crippen LogP contribution in [-0.4, -0.2) is 50.0 Å². The molecule has 1 aliphatic rings. The number of likely N-dealkylation sites (tertiary alicyclic amines) is 1. The van der Waals surface area contributed by atoms with Crippen molar-refractivity contribution >= 4 is 23.1 Å². The van der Waals surface area contributed by atoms with E-state index in [1.165, 1.54) is 12.0 Å². The molecule has 1 fully saturated rings. The van der Waals surface area contributed by atoms with Crippen molar-refractivity contribution in [3.8, 4) is 11.5 Å². The minimum Gasteiger partial charge on any atom is -0.507 e. The standard InChI is InChI=1S/C32H36N2O5/c1-32(2,3)22-12-17-26(39-7)25(18-22)29(35)27-28(21-10-13-23(14-11-21)33(4)5)34(31(37)30(27)36)19-20-8-15-24(38-6)16-9-20/h8-18,28,35H,19H2,1-7H3/b29-27+. The van der Waals surface area contributed by atoms with Crippen LogP contribution < -0.4 is 14.4 Å². The largest absolute Gasteiger partial charge is 0.507 e. The van der Waals surface area contributed by atoms with Crippen LogP contribution in [0.3, 0.4) is 0 Å². The van der Waals surface area contributed by atoms with Crippen LogP contribution in [0.25, 0.3) is 5.76 Å². The molecule has 0 spiro atoms. The first kappa shape index (κ1) is 27.8. The van der Waals surface area contributed by atoms with Gasteiger partial charge in [0.1, 0.15) is 17.3 Å². The number of aliphatic hydroxyl groups is 1.